The zero-order chi connectivity index (χ0) is 13.1. The van der Waals surface area contributed by atoms with Gasteiger partial charge in [-0.3, -0.25) is 9.00 Å². The van der Waals surface area contributed by atoms with E-state index in [-0.39, 0.29) is 11.8 Å². The van der Waals surface area contributed by atoms with Crippen LogP contribution in [0.3, 0.4) is 0 Å². The Hall–Kier alpha value is -1.42. The molecular weight excluding hydrogens is 246 g/mol. The molecule has 1 spiro atoms. The van der Waals surface area contributed by atoms with Gasteiger partial charge in [0.05, 0.1) is 21.4 Å². The lowest BCUT2D eigenvalue weighted by Gasteiger charge is -2.31. The van der Waals surface area contributed by atoms with Crippen molar-refractivity contribution in [2.45, 2.75) is 23.0 Å². The average molecular weight is 261 g/mol. The van der Waals surface area contributed by atoms with Crippen LogP contribution in [-0.2, 0) is 15.6 Å². The van der Waals surface area contributed by atoms with Crippen molar-refractivity contribution in [3.8, 4) is 0 Å². The van der Waals surface area contributed by atoms with Crippen LogP contribution in [0.1, 0.15) is 13.3 Å². The van der Waals surface area contributed by atoms with Gasteiger partial charge in [0.2, 0.25) is 5.91 Å². The summed E-state index contributed by atoms with van der Waals surface area (Å²) in [5.41, 5.74) is 1.71. The number of rotatable bonds is 1. The molecule has 0 radical (unpaired) electrons. The van der Waals surface area contributed by atoms with Crippen molar-refractivity contribution in [3.63, 3.8) is 0 Å². The molecule has 18 heavy (non-hydrogen) atoms. The third-order valence-corrected chi connectivity index (χ3v) is 5.96. The highest BCUT2D eigenvalue weighted by atomic mass is 32.2. The van der Waals surface area contributed by atoms with Crippen molar-refractivity contribution < 1.29 is 9.00 Å². The SMILES string of the molecule is C=C(C)[C@@H]1C[C@@]12C(=O)N(C)c1ccccc1S2=O. The number of benzene rings is 1. The van der Waals surface area contributed by atoms with Gasteiger partial charge < -0.3 is 4.90 Å². The molecule has 0 bridgehead atoms. The number of amides is 1. The standard InChI is InChI=1S/C14H15NO2S/c1-9(2)10-8-14(10)13(16)15(3)11-6-4-5-7-12(11)18(14)17/h4-7,10H,1,8H2,2-3H3/t10-,14-,18?/m0/s1. The van der Waals surface area contributed by atoms with Crippen LogP contribution >= 0.6 is 0 Å². The number of hydrogen-bond acceptors (Lipinski definition) is 2. The average Bonchev–Trinajstić information content (AvgIpc) is 3.11. The molecule has 4 heteroatoms. The van der Waals surface area contributed by atoms with E-state index in [0.29, 0.717) is 6.42 Å². The summed E-state index contributed by atoms with van der Waals surface area (Å²) in [5, 5.41) is 0. The summed E-state index contributed by atoms with van der Waals surface area (Å²) >= 11 is 0. The molecule has 3 rings (SSSR count). The van der Waals surface area contributed by atoms with Gasteiger partial charge in [0.15, 0.2) is 0 Å². The number of carbonyl (C=O) groups excluding carboxylic acids is 1. The van der Waals surface area contributed by atoms with Crippen LogP contribution in [0, 0.1) is 5.92 Å². The third kappa shape index (κ3) is 1.24. The fourth-order valence-electron chi connectivity index (χ4n) is 2.82. The van der Waals surface area contributed by atoms with Gasteiger partial charge in [-0.25, -0.2) is 0 Å². The summed E-state index contributed by atoms with van der Waals surface area (Å²) in [7, 11) is 0.489. The fourth-order valence-corrected chi connectivity index (χ4v) is 4.88. The number of hydrogen-bond donors (Lipinski definition) is 0. The van der Waals surface area contributed by atoms with Crippen molar-refractivity contribution in [1.29, 1.82) is 0 Å². The zero-order valence-corrected chi connectivity index (χ0v) is 11.3. The predicted molar refractivity (Wildman–Crippen MR) is 71.9 cm³/mol. The van der Waals surface area contributed by atoms with Gasteiger partial charge in [-0.2, -0.15) is 0 Å². The number of anilines is 1. The van der Waals surface area contributed by atoms with E-state index in [9.17, 15) is 9.00 Å². The fraction of sp³-hybridized carbons (Fsp3) is 0.357. The van der Waals surface area contributed by atoms with Crippen molar-refractivity contribution in [2.24, 2.45) is 5.92 Å². The lowest BCUT2D eigenvalue weighted by Crippen LogP contribution is -2.46. The maximum atomic E-state index is 12.7. The molecule has 1 heterocycles. The Bertz CT molecular complexity index is 595. The van der Waals surface area contributed by atoms with E-state index in [0.717, 1.165) is 16.2 Å². The van der Waals surface area contributed by atoms with Crippen LogP contribution in [0.4, 0.5) is 5.69 Å². The normalized spacial score (nSPS) is 33.4. The summed E-state index contributed by atoms with van der Waals surface area (Å²) in [5.74, 6) is 0.0224. The van der Waals surface area contributed by atoms with E-state index in [1.54, 1.807) is 11.9 Å². The molecule has 3 nitrogen and oxygen atoms in total. The van der Waals surface area contributed by atoms with Gasteiger partial charge >= 0.3 is 0 Å². The topological polar surface area (TPSA) is 37.4 Å². The smallest absolute Gasteiger partial charge is 0.246 e. The molecular formula is C14H15NO2S. The molecule has 1 fully saturated rings. The first kappa shape index (κ1) is 11.7. The minimum atomic E-state index is -1.27. The Labute approximate surface area is 109 Å². The number of carbonyl (C=O) groups is 1. The number of fused-ring (bicyclic) bond motifs is 1. The summed E-state index contributed by atoms with van der Waals surface area (Å²) in [6.07, 6.45) is 0.659. The van der Waals surface area contributed by atoms with Gasteiger partial charge in [0.1, 0.15) is 4.75 Å². The molecule has 0 N–H and O–H groups in total. The summed E-state index contributed by atoms with van der Waals surface area (Å²) in [6, 6.07) is 7.42. The molecule has 3 atom stereocenters. The summed E-state index contributed by atoms with van der Waals surface area (Å²) in [4.78, 5) is 14.9. The van der Waals surface area contributed by atoms with E-state index in [1.165, 1.54) is 0 Å². The van der Waals surface area contributed by atoms with Gasteiger partial charge in [-0.05, 0) is 25.5 Å². The van der Waals surface area contributed by atoms with E-state index in [4.69, 9.17) is 0 Å². The van der Waals surface area contributed by atoms with Crippen LogP contribution in [0.15, 0.2) is 41.3 Å². The van der Waals surface area contributed by atoms with E-state index in [2.05, 4.69) is 6.58 Å². The molecule has 1 aromatic carbocycles. The van der Waals surface area contributed by atoms with Crippen molar-refractivity contribution in [2.75, 3.05) is 11.9 Å². The first-order valence-corrected chi connectivity index (χ1v) is 7.09. The first-order chi connectivity index (χ1) is 8.50. The molecule has 94 valence electrons. The number of para-hydroxylation sites is 1. The highest BCUT2D eigenvalue weighted by molar-refractivity contribution is 7.88. The molecule has 1 amide bonds. The molecule has 0 saturated heterocycles. The maximum absolute atomic E-state index is 12.7. The number of nitrogens with zero attached hydrogens (tertiary/aromatic N) is 1. The monoisotopic (exact) mass is 261 g/mol. The van der Waals surface area contributed by atoms with Gasteiger partial charge in [-0.1, -0.05) is 24.3 Å². The van der Waals surface area contributed by atoms with Crippen LogP contribution in [-0.4, -0.2) is 21.9 Å². The first-order valence-electron chi connectivity index (χ1n) is 5.94. The van der Waals surface area contributed by atoms with Gasteiger partial charge in [0.25, 0.3) is 0 Å². The van der Waals surface area contributed by atoms with E-state index < -0.39 is 15.5 Å². The minimum Gasteiger partial charge on any atom is -0.313 e. The van der Waals surface area contributed by atoms with Crippen molar-refractivity contribution >= 4 is 22.4 Å². The number of allylic oxidation sites excluding steroid dienone is 1. The highest BCUT2D eigenvalue weighted by Gasteiger charge is 2.68. The molecule has 0 aromatic heterocycles. The van der Waals surface area contributed by atoms with Crippen LogP contribution in [0.25, 0.3) is 0 Å². The predicted octanol–water partition coefficient (Wildman–Crippen LogP) is 2.11. The van der Waals surface area contributed by atoms with Crippen molar-refractivity contribution in [3.05, 3.63) is 36.4 Å². The molecule has 1 saturated carbocycles. The second-order valence-corrected chi connectivity index (χ2v) is 6.80. The van der Waals surface area contributed by atoms with Gasteiger partial charge in [0, 0.05) is 13.0 Å². The minimum absolute atomic E-state index is 0.0347. The largest absolute Gasteiger partial charge is 0.313 e. The van der Waals surface area contributed by atoms with Crippen LogP contribution < -0.4 is 4.90 Å². The Morgan fingerprint density at radius 1 is 1.50 bits per heavy atom. The molecule has 2 aliphatic rings. The maximum Gasteiger partial charge on any atom is 0.246 e. The molecule has 1 aliphatic heterocycles. The highest BCUT2D eigenvalue weighted by Crippen LogP contribution is 2.58. The second kappa shape index (κ2) is 3.54. The quantitative estimate of drug-likeness (QED) is 0.726. The summed E-state index contributed by atoms with van der Waals surface area (Å²) < 4.78 is 12.0. The Balaban J connectivity index is 2.15. The van der Waals surface area contributed by atoms with Crippen LogP contribution in [0.5, 0.6) is 0 Å². The summed E-state index contributed by atoms with van der Waals surface area (Å²) in [6.45, 7) is 5.82. The van der Waals surface area contributed by atoms with E-state index >= 15 is 0 Å². The second-order valence-electron chi connectivity index (χ2n) is 5.09. The molecule has 1 unspecified atom stereocenters. The van der Waals surface area contributed by atoms with Gasteiger partial charge in [-0.15, -0.1) is 0 Å². The Morgan fingerprint density at radius 3 is 2.78 bits per heavy atom. The lowest BCUT2D eigenvalue weighted by atomic mass is 10.1. The Kier molecular flexibility index (Phi) is 2.29. The van der Waals surface area contributed by atoms with E-state index in [1.807, 2.05) is 31.2 Å². The molecule has 1 aromatic rings. The molecule has 1 aliphatic carbocycles. The zero-order valence-electron chi connectivity index (χ0n) is 10.5. The lowest BCUT2D eigenvalue weighted by molar-refractivity contribution is -0.118. The van der Waals surface area contributed by atoms with Crippen molar-refractivity contribution in [1.82, 2.24) is 0 Å². The third-order valence-electron chi connectivity index (χ3n) is 3.93. The van der Waals surface area contributed by atoms with Crippen LogP contribution in [0.2, 0.25) is 0 Å². The Morgan fingerprint density at radius 2 is 2.17 bits per heavy atom.